The van der Waals surface area contributed by atoms with Crippen LogP contribution in [0.15, 0.2) is 36.5 Å². The lowest BCUT2D eigenvalue weighted by atomic mass is 10.2. The smallest absolute Gasteiger partial charge is 0.324 e. The quantitative estimate of drug-likeness (QED) is 0.839. The van der Waals surface area contributed by atoms with Crippen molar-refractivity contribution < 1.29 is 14.6 Å². The molecule has 1 fully saturated rings. The number of hydrogen-bond donors (Lipinski definition) is 2. The summed E-state index contributed by atoms with van der Waals surface area (Å²) < 4.78 is 5.58. The zero-order valence-electron chi connectivity index (χ0n) is 11.0. The number of rotatable bonds is 6. The number of aromatic nitrogens is 1. The molecule has 2 aromatic rings. The minimum absolute atomic E-state index is 0.115. The summed E-state index contributed by atoms with van der Waals surface area (Å²) in [6, 6.07) is 9.09. The van der Waals surface area contributed by atoms with E-state index in [0.717, 1.165) is 23.7 Å². The molecule has 104 valence electrons. The van der Waals surface area contributed by atoms with Gasteiger partial charge in [-0.3, -0.25) is 15.1 Å². The molecule has 1 aromatic carbocycles. The van der Waals surface area contributed by atoms with Crippen molar-refractivity contribution in [2.75, 3.05) is 6.61 Å². The van der Waals surface area contributed by atoms with E-state index in [4.69, 9.17) is 9.84 Å². The maximum Gasteiger partial charge on any atom is 0.324 e. The van der Waals surface area contributed by atoms with Crippen molar-refractivity contribution in [2.24, 2.45) is 0 Å². The minimum Gasteiger partial charge on any atom is -0.491 e. The van der Waals surface area contributed by atoms with Crippen LogP contribution < -0.4 is 10.1 Å². The summed E-state index contributed by atoms with van der Waals surface area (Å²) >= 11 is 0. The Hall–Kier alpha value is -2.14. The second-order valence-electron chi connectivity index (χ2n) is 5.00. The van der Waals surface area contributed by atoms with Gasteiger partial charge < -0.3 is 9.84 Å². The van der Waals surface area contributed by atoms with Gasteiger partial charge in [-0.25, -0.2) is 0 Å². The molecule has 1 aliphatic rings. The molecule has 0 amide bonds. The molecular formula is C15H16N2O3. The van der Waals surface area contributed by atoms with Crippen molar-refractivity contribution in [1.82, 2.24) is 10.3 Å². The van der Waals surface area contributed by atoms with Gasteiger partial charge in [-0.05, 0) is 31.0 Å². The SMILES string of the molecule is O=C(O)C(COc1ccc2cccnc2c1)NC1CC1. The average molecular weight is 272 g/mol. The first-order valence-corrected chi connectivity index (χ1v) is 6.69. The lowest BCUT2D eigenvalue weighted by molar-refractivity contribution is -0.140. The second-order valence-corrected chi connectivity index (χ2v) is 5.00. The monoisotopic (exact) mass is 272 g/mol. The van der Waals surface area contributed by atoms with Crippen molar-refractivity contribution in [3.63, 3.8) is 0 Å². The Morgan fingerprint density at radius 1 is 1.45 bits per heavy atom. The molecule has 5 heteroatoms. The fourth-order valence-electron chi connectivity index (χ4n) is 2.04. The van der Waals surface area contributed by atoms with Crippen molar-refractivity contribution in [1.29, 1.82) is 0 Å². The highest BCUT2D eigenvalue weighted by Gasteiger charge is 2.28. The van der Waals surface area contributed by atoms with Crippen molar-refractivity contribution in [3.8, 4) is 5.75 Å². The Labute approximate surface area is 116 Å². The zero-order chi connectivity index (χ0) is 13.9. The number of nitrogens with zero attached hydrogens (tertiary/aromatic N) is 1. The van der Waals surface area contributed by atoms with E-state index in [2.05, 4.69) is 10.3 Å². The lowest BCUT2D eigenvalue weighted by Gasteiger charge is -2.15. The molecule has 3 rings (SSSR count). The first-order valence-electron chi connectivity index (χ1n) is 6.69. The molecule has 1 heterocycles. The minimum atomic E-state index is -0.879. The van der Waals surface area contributed by atoms with E-state index in [-0.39, 0.29) is 6.61 Å². The Morgan fingerprint density at radius 2 is 2.30 bits per heavy atom. The highest BCUT2D eigenvalue weighted by atomic mass is 16.5. The molecule has 0 bridgehead atoms. The molecule has 5 nitrogen and oxygen atoms in total. The molecule has 2 N–H and O–H groups in total. The average Bonchev–Trinajstić information content (AvgIpc) is 3.27. The topological polar surface area (TPSA) is 71.5 Å². The number of fused-ring (bicyclic) bond motifs is 1. The normalized spacial score (nSPS) is 16.0. The number of hydrogen-bond acceptors (Lipinski definition) is 4. The van der Waals surface area contributed by atoms with E-state index < -0.39 is 12.0 Å². The molecule has 1 unspecified atom stereocenters. The standard InChI is InChI=1S/C15H16N2O3/c18-15(19)14(17-11-4-5-11)9-20-12-6-3-10-2-1-7-16-13(10)8-12/h1-3,6-8,11,14,17H,4-5,9H2,(H,18,19). The number of nitrogens with one attached hydrogen (secondary N) is 1. The molecule has 0 saturated heterocycles. The number of carboxylic acid groups (broad SMARTS) is 1. The fourth-order valence-corrected chi connectivity index (χ4v) is 2.04. The third kappa shape index (κ3) is 3.05. The summed E-state index contributed by atoms with van der Waals surface area (Å²) in [5.74, 6) is -0.240. The summed E-state index contributed by atoms with van der Waals surface area (Å²) in [7, 11) is 0. The van der Waals surface area contributed by atoms with E-state index in [1.54, 1.807) is 6.20 Å². The van der Waals surface area contributed by atoms with E-state index in [0.29, 0.717) is 11.8 Å². The molecule has 1 atom stereocenters. The van der Waals surface area contributed by atoms with Gasteiger partial charge in [0.15, 0.2) is 0 Å². The largest absolute Gasteiger partial charge is 0.491 e. The summed E-state index contributed by atoms with van der Waals surface area (Å²) in [5.41, 5.74) is 0.840. The number of pyridine rings is 1. The number of carbonyl (C=O) groups is 1. The van der Waals surface area contributed by atoms with Gasteiger partial charge in [0.25, 0.3) is 0 Å². The molecule has 20 heavy (non-hydrogen) atoms. The van der Waals surface area contributed by atoms with Gasteiger partial charge in [-0.1, -0.05) is 6.07 Å². The van der Waals surface area contributed by atoms with Crippen LogP contribution in [0.5, 0.6) is 5.75 Å². The van der Waals surface area contributed by atoms with Crippen LogP contribution in [0.2, 0.25) is 0 Å². The van der Waals surface area contributed by atoms with E-state index in [1.165, 1.54) is 0 Å². The van der Waals surface area contributed by atoms with Gasteiger partial charge in [-0.2, -0.15) is 0 Å². The fraction of sp³-hybridized carbons (Fsp3) is 0.333. The van der Waals surface area contributed by atoms with Gasteiger partial charge in [0.2, 0.25) is 0 Å². The Balaban J connectivity index is 1.66. The summed E-state index contributed by atoms with van der Waals surface area (Å²) in [6.07, 6.45) is 3.81. The van der Waals surface area contributed by atoms with Crippen LogP contribution in [-0.4, -0.2) is 34.8 Å². The number of ether oxygens (including phenoxy) is 1. The number of aliphatic carboxylic acids is 1. The molecule has 0 aliphatic heterocycles. The third-order valence-electron chi connectivity index (χ3n) is 3.31. The van der Waals surface area contributed by atoms with Crippen LogP contribution in [-0.2, 0) is 4.79 Å². The lowest BCUT2D eigenvalue weighted by Crippen LogP contribution is -2.42. The summed E-state index contributed by atoms with van der Waals surface area (Å²) in [4.78, 5) is 15.4. The van der Waals surface area contributed by atoms with E-state index in [9.17, 15) is 4.79 Å². The number of carboxylic acids is 1. The Morgan fingerprint density at radius 3 is 3.05 bits per heavy atom. The zero-order valence-corrected chi connectivity index (χ0v) is 11.0. The predicted octanol–water partition coefficient (Wildman–Crippen LogP) is 1.82. The van der Waals surface area contributed by atoms with E-state index >= 15 is 0 Å². The third-order valence-corrected chi connectivity index (χ3v) is 3.31. The van der Waals surface area contributed by atoms with Gasteiger partial charge in [-0.15, -0.1) is 0 Å². The van der Waals surface area contributed by atoms with Gasteiger partial charge in [0, 0.05) is 23.7 Å². The molecular weight excluding hydrogens is 256 g/mol. The van der Waals surface area contributed by atoms with Gasteiger partial charge in [0.1, 0.15) is 18.4 Å². The van der Waals surface area contributed by atoms with Crippen LogP contribution >= 0.6 is 0 Å². The van der Waals surface area contributed by atoms with Crippen LogP contribution in [0.4, 0.5) is 0 Å². The summed E-state index contributed by atoms with van der Waals surface area (Å²) in [6.45, 7) is 0.115. The van der Waals surface area contributed by atoms with E-state index in [1.807, 2.05) is 30.3 Å². The molecule has 1 saturated carbocycles. The summed E-state index contributed by atoms with van der Waals surface area (Å²) in [5, 5.41) is 13.2. The Kier molecular flexibility index (Phi) is 3.52. The first kappa shape index (κ1) is 12.9. The van der Waals surface area contributed by atoms with Crippen molar-refractivity contribution >= 4 is 16.9 Å². The molecule has 1 aromatic heterocycles. The maximum atomic E-state index is 11.1. The molecule has 0 spiro atoms. The number of benzene rings is 1. The van der Waals surface area contributed by atoms with Crippen LogP contribution in [0.25, 0.3) is 10.9 Å². The van der Waals surface area contributed by atoms with Crippen LogP contribution in [0.1, 0.15) is 12.8 Å². The maximum absolute atomic E-state index is 11.1. The van der Waals surface area contributed by atoms with Gasteiger partial charge in [0.05, 0.1) is 5.52 Å². The molecule has 0 radical (unpaired) electrons. The van der Waals surface area contributed by atoms with Crippen LogP contribution in [0.3, 0.4) is 0 Å². The Bertz CT molecular complexity index is 625. The highest BCUT2D eigenvalue weighted by Crippen LogP contribution is 2.21. The van der Waals surface area contributed by atoms with Crippen LogP contribution in [0, 0.1) is 0 Å². The van der Waals surface area contributed by atoms with Crippen molar-refractivity contribution in [3.05, 3.63) is 36.5 Å². The predicted molar refractivity (Wildman–Crippen MR) is 74.8 cm³/mol. The van der Waals surface area contributed by atoms with Gasteiger partial charge >= 0.3 is 5.97 Å². The molecule has 1 aliphatic carbocycles. The second kappa shape index (κ2) is 5.46. The van der Waals surface area contributed by atoms with Crippen molar-refractivity contribution in [2.45, 2.75) is 24.9 Å². The highest BCUT2D eigenvalue weighted by molar-refractivity contribution is 5.79. The first-order chi connectivity index (χ1) is 9.72.